The van der Waals surface area contributed by atoms with Crippen LogP contribution in [0, 0.1) is 6.92 Å². The first-order valence-corrected chi connectivity index (χ1v) is 6.56. The van der Waals surface area contributed by atoms with Gasteiger partial charge in [-0.05, 0) is 36.8 Å². The summed E-state index contributed by atoms with van der Waals surface area (Å²) < 4.78 is 0. The van der Waals surface area contributed by atoms with Crippen molar-refractivity contribution < 1.29 is 4.79 Å². The summed E-state index contributed by atoms with van der Waals surface area (Å²) in [6, 6.07) is 8.98. The van der Waals surface area contributed by atoms with E-state index in [-0.39, 0.29) is 5.91 Å². The van der Waals surface area contributed by atoms with Gasteiger partial charge in [0.15, 0.2) is 0 Å². The fraction of sp³-hybridized carbons (Fsp3) is 0.200. The van der Waals surface area contributed by atoms with Crippen LogP contribution in [0.1, 0.15) is 15.9 Å². The van der Waals surface area contributed by atoms with E-state index in [0.717, 1.165) is 5.56 Å². The molecule has 1 heterocycles. The number of anilines is 2. The molecule has 0 aliphatic rings. The number of benzene rings is 1. The number of amides is 1. The summed E-state index contributed by atoms with van der Waals surface area (Å²) in [6.07, 6.45) is 1.66. The molecule has 2 aromatic rings. The van der Waals surface area contributed by atoms with Crippen molar-refractivity contribution in [1.82, 2.24) is 4.98 Å². The summed E-state index contributed by atoms with van der Waals surface area (Å²) in [6.45, 7) is 1.95. The van der Waals surface area contributed by atoms with Gasteiger partial charge in [0.25, 0.3) is 5.91 Å². The Morgan fingerprint density at radius 2 is 2.05 bits per heavy atom. The smallest absolute Gasteiger partial charge is 0.259 e. The van der Waals surface area contributed by atoms with Gasteiger partial charge in [-0.25, -0.2) is 4.98 Å². The minimum Gasteiger partial charge on any atom is -0.362 e. The van der Waals surface area contributed by atoms with Gasteiger partial charge in [0, 0.05) is 20.3 Å². The number of carbonyl (C=O) groups is 1. The summed E-state index contributed by atoms with van der Waals surface area (Å²) in [5, 5.41) is 3.33. The maximum Gasteiger partial charge on any atom is 0.259 e. The third kappa shape index (κ3) is 3.08. The van der Waals surface area contributed by atoms with Crippen LogP contribution in [-0.2, 0) is 0 Å². The Labute approximate surface area is 123 Å². The van der Waals surface area contributed by atoms with Crippen molar-refractivity contribution in [1.29, 1.82) is 0 Å². The molecular weight excluding hydrogens is 274 g/mol. The number of hydrogen-bond acceptors (Lipinski definition) is 3. The molecule has 4 nitrogen and oxygen atoms in total. The molecular formula is C15H16ClN3O. The number of nitrogens with one attached hydrogen (secondary N) is 1. The van der Waals surface area contributed by atoms with Gasteiger partial charge in [-0.2, -0.15) is 0 Å². The first-order valence-electron chi connectivity index (χ1n) is 6.19. The highest BCUT2D eigenvalue weighted by atomic mass is 35.5. The van der Waals surface area contributed by atoms with Crippen molar-refractivity contribution in [2.45, 2.75) is 6.92 Å². The maximum atomic E-state index is 12.3. The second-order valence-corrected chi connectivity index (χ2v) is 5.11. The Bertz CT molecular complexity index is 641. The van der Waals surface area contributed by atoms with Crippen molar-refractivity contribution in [3.8, 4) is 0 Å². The molecule has 0 spiro atoms. The predicted molar refractivity (Wildman–Crippen MR) is 82.7 cm³/mol. The summed E-state index contributed by atoms with van der Waals surface area (Å²) >= 11 is 6.12. The number of halogens is 1. The fourth-order valence-electron chi connectivity index (χ4n) is 1.84. The van der Waals surface area contributed by atoms with Gasteiger partial charge >= 0.3 is 0 Å². The van der Waals surface area contributed by atoms with E-state index < -0.39 is 0 Å². The zero-order valence-electron chi connectivity index (χ0n) is 11.6. The van der Waals surface area contributed by atoms with E-state index in [1.807, 2.05) is 33.2 Å². The van der Waals surface area contributed by atoms with Crippen LogP contribution in [0.3, 0.4) is 0 Å². The van der Waals surface area contributed by atoms with Gasteiger partial charge in [-0.1, -0.05) is 17.7 Å². The fourth-order valence-corrected chi connectivity index (χ4v) is 2.12. The molecule has 0 unspecified atom stereocenters. The topological polar surface area (TPSA) is 45.2 Å². The summed E-state index contributed by atoms with van der Waals surface area (Å²) in [7, 11) is 3.69. The van der Waals surface area contributed by atoms with E-state index in [1.54, 1.807) is 29.3 Å². The van der Waals surface area contributed by atoms with Crippen LogP contribution < -0.4 is 10.2 Å². The van der Waals surface area contributed by atoms with Gasteiger partial charge in [0.2, 0.25) is 0 Å². The van der Waals surface area contributed by atoms with Crippen LogP contribution in [0.25, 0.3) is 0 Å². The molecule has 1 amide bonds. The van der Waals surface area contributed by atoms with E-state index in [0.29, 0.717) is 22.1 Å². The highest BCUT2D eigenvalue weighted by Crippen LogP contribution is 2.24. The molecule has 0 saturated heterocycles. The van der Waals surface area contributed by atoms with Crippen LogP contribution in [0.5, 0.6) is 0 Å². The van der Waals surface area contributed by atoms with Crippen LogP contribution in [0.2, 0.25) is 5.02 Å². The molecule has 20 heavy (non-hydrogen) atoms. The highest BCUT2D eigenvalue weighted by molar-refractivity contribution is 6.34. The number of aryl methyl sites for hydroxylation is 1. The van der Waals surface area contributed by atoms with Gasteiger partial charge in [0.05, 0.1) is 16.3 Å². The summed E-state index contributed by atoms with van der Waals surface area (Å²) in [5.41, 5.74) is 2.15. The predicted octanol–water partition coefficient (Wildman–Crippen LogP) is 3.36. The lowest BCUT2D eigenvalue weighted by Gasteiger charge is -2.15. The van der Waals surface area contributed by atoms with Gasteiger partial charge < -0.3 is 10.2 Å². The first kappa shape index (κ1) is 14.3. The van der Waals surface area contributed by atoms with E-state index >= 15 is 0 Å². The Balaban J connectivity index is 2.29. The largest absolute Gasteiger partial charge is 0.362 e. The summed E-state index contributed by atoms with van der Waals surface area (Å²) in [4.78, 5) is 18.3. The average molecular weight is 290 g/mol. The highest BCUT2D eigenvalue weighted by Gasteiger charge is 2.14. The lowest BCUT2D eigenvalue weighted by Crippen LogP contribution is -2.19. The lowest BCUT2D eigenvalue weighted by atomic mass is 10.2. The van der Waals surface area contributed by atoms with Gasteiger partial charge in [-0.3, -0.25) is 4.79 Å². The second-order valence-electron chi connectivity index (χ2n) is 4.71. The summed E-state index contributed by atoms with van der Waals surface area (Å²) in [5.74, 6) is 0.390. The quantitative estimate of drug-likeness (QED) is 0.942. The molecule has 0 atom stereocenters. The molecule has 104 valence electrons. The molecule has 0 aliphatic heterocycles. The Morgan fingerprint density at radius 1 is 1.30 bits per heavy atom. The van der Waals surface area contributed by atoms with E-state index in [2.05, 4.69) is 10.3 Å². The third-order valence-electron chi connectivity index (χ3n) is 2.83. The normalized spacial score (nSPS) is 10.2. The maximum absolute atomic E-state index is 12.3. The zero-order valence-corrected chi connectivity index (χ0v) is 12.4. The van der Waals surface area contributed by atoms with Crippen molar-refractivity contribution in [3.63, 3.8) is 0 Å². The standard InChI is InChI=1S/C15H16ClN3O/c1-10-6-7-13(12(16)9-10)18-15(20)11-5-4-8-17-14(11)19(2)3/h4-9H,1-3H3,(H,18,20). The monoisotopic (exact) mass is 289 g/mol. The number of aromatic nitrogens is 1. The lowest BCUT2D eigenvalue weighted by molar-refractivity contribution is 0.102. The molecule has 0 fully saturated rings. The number of rotatable bonds is 3. The Kier molecular flexibility index (Phi) is 4.25. The van der Waals surface area contributed by atoms with Crippen LogP contribution in [0.15, 0.2) is 36.5 Å². The molecule has 0 saturated carbocycles. The van der Waals surface area contributed by atoms with Gasteiger partial charge in [0.1, 0.15) is 5.82 Å². The van der Waals surface area contributed by atoms with Crippen molar-refractivity contribution in [2.24, 2.45) is 0 Å². The molecule has 0 aliphatic carbocycles. The minimum atomic E-state index is -0.229. The molecule has 0 radical (unpaired) electrons. The van der Waals surface area contributed by atoms with Crippen molar-refractivity contribution >= 4 is 29.0 Å². The molecule has 0 bridgehead atoms. The molecule has 5 heteroatoms. The second kappa shape index (κ2) is 5.92. The molecule has 1 N–H and O–H groups in total. The van der Waals surface area contributed by atoms with Crippen LogP contribution in [-0.4, -0.2) is 25.0 Å². The zero-order chi connectivity index (χ0) is 14.7. The number of hydrogen-bond donors (Lipinski definition) is 1. The SMILES string of the molecule is Cc1ccc(NC(=O)c2cccnc2N(C)C)c(Cl)c1. The molecule has 1 aromatic carbocycles. The first-order chi connectivity index (χ1) is 9.49. The average Bonchev–Trinajstić information content (AvgIpc) is 2.41. The Morgan fingerprint density at radius 3 is 2.70 bits per heavy atom. The van der Waals surface area contributed by atoms with E-state index in [1.165, 1.54) is 0 Å². The number of nitrogens with zero attached hydrogens (tertiary/aromatic N) is 2. The van der Waals surface area contributed by atoms with Crippen LogP contribution >= 0.6 is 11.6 Å². The van der Waals surface area contributed by atoms with Crippen molar-refractivity contribution in [3.05, 3.63) is 52.7 Å². The Hall–Kier alpha value is -2.07. The van der Waals surface area contributed by atoms with E-state index in [9.17, 15) is 4.79 Å². The van der Waals surface area contributed by atoms with Crippen LogP contribution in [0.4, 0.5) is 11.5 Å². The minimum absolute atomic E-state index is 0.229. The molecule has 1 aromatic heterocycles. The van der Waals surface area contributed by atoms with Crippen molar-refractivity contribution in [2.75, 3.05) is 24.3 Å². The number of carbonyl (C=O) groups excluding carboxylic acids is 1. The van der Waals surface area contributed by atoms with Gasteiger partial charge in [-0.15, -0.1) is 0 Å². The van der Waals surface area contributed by atoms with E-state index in [4.69, 9.17) is 11.6 Å². The number of pyridine rings is 1. The third-order valence-corrected chi connectivity index (χ3v) is 3.14. The molecule has 2 rings (SSSR count).